The summed E-state index contributed by atoms with van der Waals surface area (Å²) in [5.74, 6) is 1.74. The first kappa shape index (κ1) is 25.2. The van der Waals surface area contributed by atoms with E-state index in [1.807, 2.05) is 12.1 Å². The number of aromatic nitrogens is 4. The summed E-state index contributed by atoms with van der Waals surface area (Å²) >= 11 is 0. The zero-order chi connectivity index (χ0) is 30.2. The van der Waals surface area contributed by atoms with E-state index in [9.17, 15) is 0 Å². The van der Waals surface area contributed by atoms with Crippen LogP contribution in [0.4, 0.5) is 0 Å². The normalized spacial score (nSPS) is 12.5. The highest BCUT2D eigenvalue weighted by molar-refractivity contribution is 6.96. The molecule has 1 aliphatic heterocycles. The lowest BCUT2D eigenvalue weighted by molar-refractivity contribution is 0.487. The maximum atomic E-state index is 6.62. The highest BCUT2D eigenvalue weighted by Gasteiger charge is 2.32. The van der Waals surface area contributed by atoms with E-state index in [-0.39, 0.29) is 6.71 Å². The molecule has 0 bridgehead atoms. The van der Waals surface area contributed by atoms with Crippen LogP contribution in [0.2, 0.25) is 0 Å². The second-order valence-electron chi connectivity index (χ2n) is 11.8. The van der Waals surface area contributed by atoms with Crippen molar-refractivity contribution in [1.82, 2.24) is 19.1 Å². The molecule has 0 saturated heterocycles. The average molecular weight is 588 g/mol. The topological polar surface area (TPSA) is 44.9 Å². The minimum absolute atomic E-state index is 0.0804. The molecule has 0 radical (unpaired) electrons. The smallest absolute Gasteiger partial charge is 0.250 e. The molecule has 6 heteroatoms. The van der Waals surface area contributed by atoms with Crippen LogP contribution >= 0.6 is 0 Å². The average Bonchev–Trinajstić information content (AvgIpc) is 3.62. The monoisotopic (exact) mass is 588 g/mol. The first-order valence-electron chi connectivity index (χ1n) is 15.6. The maximum absolute atomic E-state index is 6.62. The van der Waals surface area contributed by atoms with E-state index < -0.39 is 0 Å². The molecule has 0 spiro atoms. The number of para-hydroxylation sites is 4. The first-order valence-corrected chi connectivity index (χ1v) is 15.6. The summed E-state index contributed by atoms with van der Waals surface area (Å²) in [4.78, 5) is 10.8. The highest BCUT2D eigenvalue weighted by atomic mass is 16.5. The Balaban J connectivity index is 1.24. The Morgan fingerprint density at radius 3 is 1.70 bits per heavy atom. The van der Waals surface area contributed by atoms with Crippen LogP contribution in [-0.2, 0) is 0 Å². The molecule has 0 amide bonds. The van der Waals surface area contributed by atoms with Crippen LogP contribution in [0.3, 0.4) is 0 Å². The molecule has 0 atom stereocenters. The number of nitrogens with zero attached hydrogens (tertiary/aromatic N) is 4. The van der Waals surface area contributed by atoms with Crippen molar-refractivity contribution in [3.63, 3.8) is 0 Å². The summed E-state index contributed by atoms with van der Waals surface area (Å²) in [6.45, 7) is 0.0804. The molecule has 46 heavy (non-hydrogen) atoms. The Bertz CT molecular complexity index is 2630. The van der Waals surface area contributed by atoms with E-state index in [0.29, 0.717) is 0 Å². The van der Waals surface area contributed by atoms with Gasteiger partial charge in [-0.25, -0.2) is 9.97 Å². The third-order valence-electron chi connectivity index (χ3n) is 9.25. The molecule has 10 rings (SSSR count). The molecular formula is C40H25BN4O. The summed E-state index contributed by atoms with van der Waals surface area (Å²) in [5, 5.41) is 2.13. The highest BCUT2D eigenvalue weighted by Crippen LogP contribution is 2.36. The molecule has 3 aromatic heterocycles. The van der Waals surface area contributed by atoms with E-state index in [1.54, 1.807) is 0 Å². The number of rotatable bonds is 3. The maximum Gasteiger partial charge on any atom is 0.250 e. The van der Waals surface area contributed by atoms with Crippen molar-refractivity contribution >= 4 is 67.2 Å². The van der Waals surface area contributed by atoms with Gasteiger partial charge in [0.2, 0.25) is 0 Å². The molecule has 5 nitrogen and oxygen atoms in total. The van der Waals surface area contributed by atoms with Gasteiger partial charge in [-0.15, -0.1) is 0 Å². The number of hydrogen-bond donors (Lipinski definition) is 0. The summed E-state index contributed by atoms with van der Waals surface area (Å²) in [6, 6.07) is 52.9. The summed E-state index contributed by atoms with van der Waals surface area (Å²) in [6.07, 6.45) is 0. The minimum atomic E-state index is 0.0804. The standard InChI is InChI=1S/C40H25BN4O/c1-3-13-26(14-4-1)41-31-19-9-12-22-35(31)46-36-25-28(23-24-32(36)41)45-34-21-11-8-18-30(34)38-40(45)43-37-29-17-7-10-20-33(29)44(39(37)42-38)27-15-5-2-6-16-27/h1-25H. The van der Waals surface area contributed by atoms with Crippen LogP contribution in [0.15, 0.2) is 152 Å². The SMILES string of the molecule is c1ccc(B2c3ccccc3Oc3cc(-n4c5ccccc5c5nc6c(nc54)c4ccccc4n6-c4ccccc4)ccc32)cc1. The predicted octanol–water partition coefficient (Wildman–Crippen LogP) is 7.29. The first-order chi connectivity index (χ1) is 22.8. The van der Waals surface area contributed by atoms with Gasteiger partial charge in [-0.05, 0) is 47.3 Å². The van der Waals surface area contributed by atoms with Crippen molar-refractivity contribution in [3.8, 4) is 22.9 Å². The Morgan fingerprint density at radius 2 is 1.00 bits per heavy atom. The molecule has 4 heterocycles. The molecule has 1 aliphatic rings. The van der Waals surface area contributed by atoms with Crippen LogP contribution in [0.5, 0.6) is 11.5 Å². The van der Waals surface area contributed by atoms with E-state index in [4.69, 9.17) is 14.7 Å². The van der Waals surface area contributed by atoms with Crippen molar-refractivity contribution in [3.05, 3.63) is 152 Å². The zero-order valence-electron chi connectivity index (χ0n) is 24.7. The summed E-state index contributed by atoms with van der Waals surface area (Å²) in [7, 11) is 0. The van der Waals surface area contributed by atoms with Crippen molar-refractivity contribution in [2.24, 2.45) is 0 Å². The third kappa shape index (κ3) is 3.58. The lowest BCUT2D eigenvalue weighted by atomic mass is 9.36. The zero-order valence-corrected chi connectivity index (χ0v) is 24.7. The summed E-state index contributed by atoms with van der Waals surface area (Å²) < 4.78 is 11.1. The van der Waals surface area contributed by atoms with Gasteiger partial charge in [0.1, 0.15) is 22.5 Å². The fraction of sp³-hybridized carbons (Fsp3) is 0. The van der Waals surface area contributed by atoms with Gasteiger partial charge in [-0.2, -0.15) is 0 Å². The molecule has 0 unspecified atom stereocenters. The van der Waals surface area contributed by atoms with E-state index in [1.165, 1.54) is 10.9 Å². The van der Waals surface area contributed by atoms with Crippen LogP contribution < -0.4 is 21.1 Å². The number of hydrogen-bond acceptors (Lipinski definition) is 3. The largest absolute Gasteiger partial charge is 0.458 e. The van der Waals surface area contributed by atoms with Gasteiger partial charge < -0.3 is 4.74 Å². The number of benzene rings is 6. The fourth-order valence-corrected chi connectivity index (χ4v) is 7.25. The fourth-order valence-electron chi connectivity index (χ4n) is 7.25. The van der Waals surface area contributed by atoms with E-state index >= 15 is 0 Å². The van der Waals surface area contributed by atoms with Crippen molar-refractivity contribution < 1.29 is 4.74 Å². The van der Waals surface area contributed by atoms with Gasteiger partial charge in [0, 0.05) is 22.5 Å². The van der Waals surface area contributed by atoms with Crippen LogP contribution in [-0.4, -0.2) is 25.8 Å². The van der Waals surface area contributed by atoms with Crippen molar-refractivity contribution in [2.45, 2.75) is 0 Å². The Morgan fingerprint density at radius 1 is 0.457 bits per heavy atom. The molecule has 0 N–H and O–H groups in total. The molecule has 214 valence electrons. The third-order valence-corrected chi connectivity index (χ3v) is 9.25. The molecular weight excluding hydrogens is 563 g/mol. The molecule has 6 aromatic carbocycles. The van der Waals surface area contributed by atoms with Crippen LogP contribution in [0, 0.1) is 0 Å². The second kappa shape index (κ2) is 9.68. The van der Waals surface area contributed by atoms with Gasteiger partial charge in [-0.3, -0.25) is 9.13 Å². The summed E-state index contributed by atoms with van der Waals surface area (Å²) in [5.41, 5.74) is 11.2. The Hall–Kier alpha value is -6.14. The minimum Gasteiger partial charge on any atom is -0.458 e. The van der Waals surface area contributed by atoms with Gasteiger partial charge in [0.25, 0.3) is 6.71 Å². The Kier molecular flexibility index (Phi) is 5.31. The van der Waals surface area contributed by atoms with Gasteiger partial charge in [-0.1, -0.05) is 115 Å². The molecule has 0 saturated carbocycles. The van der Waals surface area contributed by atoms with Gasteiger partial charge >= 0.3 is 0 Å². The molecule has 0 fully saturated rings. The number of ether oxygens (including phenoxy) is 1. The quantitative estimate of drug-likeness (QED) is 0.204. The van der Waals surface area contributed by atoms with Gasteiger partial charge in [0.15, 0.2) is 11.3 Å². The Labute approximate surface area is 265 Å². The van der Waals surface area contributed by atoms with Crippen molar-refractivity contribution in [1.29, 1.82) is 0 Å². The predicted molar refractivity (Wildman–Crippen MR) is 188 cm³/mol. The number of fused-ring (bicyclic) bond motifs is 8. The van der Waals surface area contributed by atoms with E-state index in [2.05, 4.69) is 149 Å². The molecule has 0 aliphatic carbocycles. The van der Waals surface area contributed by atoms with E-state index in [0.717, 1.165) is 72.5 Å². The lowest BCUT2D eigenvalue weighted by Gasteiger charge is -2.27. The molecule has 9 aromatic rings. The second-order valence-corrected chi connectivity index (χ2v) is 11.8. The van der Waals surface area contributed by atoms with Crippen molar-refractivity contribution in [2.75, 3.05) is 0 Å². The van der Waals surface area contributed by atoms with Gasteiger partial charge in [0.05, 0.1) is 16.7 Å². The van der Waals surface area contributed by atoms with Crippen LogP contribution in [0.1, 0.15) is 0 Å². The van der Waals surface area contributed by atoms with Crippen LogP contribution in [0.25, 0.3) is 55.5 Å². The lowest BCUT2D eigenvalue weighted by Crippen LogP contribution is -2.54.